The first-order valence-electron chi connectivity index (χ1n) is 6.61. The van der Waals surface area contributed by atoms with Crippen LogP contribution in [0.25, 0.3) is 10.9 Å². The van der Waals surface area contributed by atoms with Gasteiger partial charge in [0.2, 0.25) is 0 Å². The van der Waals surface area contributed by atoms with E-state index in [9.17, 15) is 0 Å². The van der Waals surface area contributed by atoms with E-state index in [1.54, 1.807) is 11.5 Å². The summed E-state index contributed by atoms with van der Waals surface area (Å²) in [7, 11) is 2.19. The van der Waals surface area contributed by atoms with Crippen LogP contribution in [0.3, 0.4) is 0 Å². The van der Waals surface area contributed by atoms with Crippen LogP contribution < -0.4 is 10.2 Å². The fourth-order valence-corrected chi connectivity index (χ4v) is 3.53. The lowest BCUT2D eigenvalue weighted by Gasteiger charge is -2.28. The molecule has 0 amide bonds. The minimum absolute atomic E-state index is 0.768. The van der Waals surface area contributed by atoms with Crippen molar-refractivity contribution < 1.29 is 0 Å². The largest absolute Gasteiger partial charge is 0.364 e. The van der Waals surface area contributed by atoms with Crippen molar-refractivity contribution >= 4 is 27.4 Å². The van der Waals surface area contributed by atoms with E-state index in [4.69, 9.17) is 0 Å². The van der Waals surface area contributed by atoms with Gasteiger partial charge in [-0.2, -0.15) is 4.37 Å². The van der Waals surface area contributed by atoms with E-state index in [2.05, 4.69) is 45.9 Å². The Hall–Kier alpha value is -1.13. The standard InChI is InChI=1S/C14H19N3S/c1-17(10-11-5-4-8-15-9-11)14-12-6-2-3-7-13(12)16-18-14/h2-3,6-7,11,15H,4-5,8-10H2,1H3. The number of nitrogens with zero attached hydrogens (tertiary/aromatic N) is 2. The van der Waals surface area contributed by atoms with Gasteiger partial charge in [-0.1, -0.05) is 12.1 Å². The molecule has 18 heavy (non-hydrogen) atoms. The topological polar surface area (TPSA) is 28.2 Å². The van der Waals surface area contributed by atoms with Gasteiger partial charge in [0, 0.05) is 19.0 Å². The first-order chi connectivity index (χ1) is 8.84. The maximum absolute atomic E-state index is 4.52. The van der Waals surface area contributed by atoms with Gasteiger partial charge in [-0.05, 0) is 55.5 Å². The van der Waals surface area contributed by atoms with E-state index in [0.29, 0.717) is 0 Å². The molecule has 1 atom stereocenters. The summed E-state index contributed by atoms with van der Waals surface area (Å²) < 4.78 is 4.52. The number of nitrogens with one attached hydrogen (secondary N) is 1. The molecule has 96 valence electrons. The number of hydrogen-bond donors (Lipinski definition) is 1. The molecule has 1 fully saturated rings. The molecular weight excluding hydrogens is 242 g/mol. The summed E-state index contributed by atoms with van der Waals surface area (Å²) in [6.07, 6.45) is 2.65. The molecule has 1 aromatic heterocycles. The van der Waals surface area contributed by atoms with Crippen molar-refractivity contribution in [1.82, 2.24) is 9.69 Å². The Balaban J connectivity index is 1.76. The highest BCUT2D eigenvalue weighted by molar-refractivity contribution is 7.11. The quantitative estimate of drug-likeness (QED) is 0.921. The van der Waals surface area contributed by atoms with Crippen LogP contribution in [-0.2, 0) is 0 Å². The smallest absolute Gasteiger partial charge is 0.119 e. The average Bonchev–Trinajstić information content (AvgIpc) is 2.84. The predicted octanol–water partition coefficient (Wildman–Crippen LogP) is 2.73. The van der Waals surface area contributed by atoms with Crippen LogP contribution in [0.15, 0.2) is 24.3 Å². The Bertz CT molecular complexity index is 516. The van der Waals surface area contributed by atoms with Gasteiger partial charge in [-0.15, -0.1) is 0 Å². The normalized spacial score (nSPS) is 20.2. The van der Waals surface area contributed by atoms with Crippen molar-refractivity contribution in [2.75, 3.05) is 31.6 Å². The SMILES string of the molecule is CN(CC1CCCNC1)c1snc2ccccc12. The van der Waals surface area contributed by atoms with E-state index in [1.807, 2.05) is 0 Å². The maximum Gasteiger partial charge on any atom is 0.119 e. The average molecular weight is 261 g/mol. The van der Waals surface area contributed by atoms with E-state index in [0.717, 1.165) is 24.5 Å². The highest BCUT2D eigenvalue weighted by Gasteiger charge is 2.17. The third-order valence-electron chi connectivity index (χ3n) is 3.64. The summed E-state index contributed by atoms with van der Waals surface area (Å²) in [4.78, 5) is 2.37. The summed E-state index contributed by atoms with van der Waals surface area (Å²) in [6, 6.07) is 8.41. The summed E-state index contributed by atoms with van der Waals surface area (Å²) in [5.74, 6) is 0.768. The van der Waals surface area contributed by atoms with E-state index < -0.39 is 0 Å². The summed E-state index contributed by atoms with van der Waals surface area (Å²) in [6.45, 7) is 3.46. The van der Waals surface area contributed by atoms with Crippen LogP contribution >= 0.6 is 11.5 Å². The molecule has 3 nitrogen and oxygen atoms in total. The van der Waals surface area contributed by atoms with E-state index >= 15 is 0 Å². The third kappa shape index (κ3) is 2.35. The van der Waals surface area contributed by atoms with Crippen LogP contribution in [-0.4, -0.2) is 31.1 Å². The molecule has 0 spiro atoms. The minimum Gasteiger partial charge on any atom is -0.364 e. The zero-order valence-electron chi connectivity index (χ0n) is 10.7. The van der Waals surface area contributed by atoms with Gasteiger partial charge >= 0.3 is 0 Å². The Morgan fingerprint density at radius 1 is 1.44 bits per heavy atom. The van der Waals surface area contributed by atoms with Crippen LogP contribution in [0.1, 0.15) is 12.8 Å². The highest BCUT2D eigenvalue weighted by Crippen LogP contribution is 2.31. The second kappa shape index (κ2) is 5.24. The first kappa shape index (κ1) is 11.9. The summed E-state index contributed by atoms with van der Waals surface area (Å²) >= 11 is 1.62. The Morgan fingerprint density at radius 3 is 3.17 bits per heavy atom. The van der Waals surface area contributed by atoms with Crippen molar-refractivity contribution in [2.45, 2.75) is 12.8 Å². The molecule has 3 rings (SSSR count). The van der Waals surface area contributed by atoms with Gasteiger partial charge in [0.05, 0.1) is 5.52 Å². The Morgan fingerprint density at radius 2 is 2.33 bits per heavy atom. The molecule has 0 radical (unpaired) electrons. The predicted molar refractivity (Wildman–Crippen MR) is 78.5 cm³/mol. The zero-order chi connectivity index (χ0) is 12.4. The fourth-order valence-electron chi connectivity index (χ4n) is 2.70. The number of fused-ring (bicyclic) bond motifs is 1. The number of benzene rings is 1. The molecule has 1 saturated heterocycles. The number of rotatable bonds is 3. The lowest BCUT2D eigenvalue weighted by Crippen LogP contribution is -2.36. The van der Waals surface area contributed by atoms with Crippen molar-refractivity contribution in [3.05, 3.63) is 24.3 Å². The Labute approximate surface area is 112 Å². The fraction of sp³-hybridized carbons (Fsp3) is 0.500. The van der Waals surface area contributed by atoms with Gasteiger partial charge in [0.25, 0.3) is 0 Å². The van der Waals surface area contributed by atoms with Gasteiger partial charge in [-0.25, -0.2) is 0 Å². The molecule has 2 aromatic rings. The molecular formula is C14H19N3S. The van der Waals surface area contributed by atoms with Crippen LogP contribution in [0.5, 0.6) is 0 Å². The second-order valence-electron chi connectivity index (χ2n) is 5.10. The maximum atomic E-state index is 4.52. The van der Waals surface area contributed by atoms with E-state index in [1.165, 1.54) is 29.8 Å². The Kier molecular flexibility index (Phi) is 3.48. The molecule has 0 saturated carbocycles. The number of anilines is 1. The van der Waals surface area contributed by atoms with Crippen LogP contribution in [0, 0.1) is 5.92 Å². The van der Waals surface area contributed by atoms with Gasteiger partial charge in [0.15, 0.2) is 0 Å². The summed E-state index contributed by atoms with van der Waals surface area (Å²) in [5.41, 5.74) is 1.12. The molecule has 2 heterocycles. The summed E-state index contributed by atoms with van der Waals surface area (Å²) in [5, 5.41) is 6.07. The third-order valence-corrected chi connectivity index (χ3v) is 4.64. The molecule has 1 N–H and O–H groups in total. The van der Waals surface area contributed by atoms with Gasteiger partial charge in [0.1, 0.15) is 5.00 Å². The zero-order valence-corrected chi connectivity index (χ0v) is 11.5. The number of hydrogen-bond acceptors (Lipinski definition) is 4. The molecule has 1 unspecified atom stereocenters. The van der Waals surface area contributed by atoms with Crippen LogP contribution in [0.2, 0.25) is 0 Å². The highest BCUT2D eigenvalue weighted by atomic mass is 32.1. The van der Waals surface area contributed by atoms with Gasteiger partial charge in [-0.3, -0.25) is 0 Å². The first-order valence-corrected chi connectivity index (χ1v) is 7.38. The number of piperidine rings is 1. The lowest BCUT2D eigenvalue weighted by atomic mass is 9.99. The molecule has 1 aromatic carbocycles. The van der Waals surface area contributed by atoms with Crippen molar-refractivity contribution in [1.29, 1.82) is 0 Å². The molecule has 0 aliphatic carbocycles. The molecule has 1 aliphatic rings. The number of aromatic nitrogens is 1. The minimum atomic E-state index is 0.768. The molecule has 0 bridgehead atoms. The van der Waals surface area contributed by atoms with Crippen LogP contribution in [0.4, 0.5) is 5.00 Å². The molecule has 1 aliphatic heterocycles. The van der Waals surface area contributed by atoms with Gasteiger partial charge < -0.3 is 10.2 Å². The lowest BCUT2D eigenvalue weighted by molar-refractivity contribution is 0.381. The van der Waals surface area contributed by atoms with E-state index in [-0.39, 0.29) is 0 Å². The van der Waals surface area contributed by atoms with Crippen molar-refractivity contribution in [3.63, 3.8) is 0 Å². The van der Waals surface area contributed by atoms with Crippen molar-refractivity contribution in [3.8, 4) is 0 Å². The monoisotopic (exact) mass is 261 g/mol. The van der Waals surface area contributed by atoms with Crippen molar-refractivity contribution in [2.24, 2.45) is 5.92 Å². The molecule has 4 heteroatoms. The second-order valence-corrected chi connectivity index (χ2v) is 5.85.